The Morgan fingerprint density at radius 2 is 2.00 bits per heavy atom. The molecule has 0 aliphatic heterocycles. The van der Waals surface area contributed by atoms with Gasteiger partial charge in [0.15, 0.2) is 0 Å². The number of nitrogen functional groups attached to an aromatic ring is 1. The Bertz CT molecular complexity index is 656. The van der Waals surface area contributed by atoms with Crippen molar-refractivity contribution in [1.29, 1.82) is 0 Å². The molecule has 5 heteroatoms. The van der Waals surface area contributed by atoms with E-state index in [1.165, 1.54) is 25.3 Å². The highest BCUT2D eigenvalue weighted by atomic mass is 19.1. The van der Waals surface area contributed by atoms with E-state index in [1.54, 1.807) is 18.2 Å². The summed E-state index contributed by atoms with van der Waals surface area (Å²) in [6.07, 6.45) is 0. The van der Waals surface area contributed by atoms with Crippen molar-refractivity contribution in [3.63, 3.8) is 0 Å². The molecule has 0 heterocycles. The normalized spacial score (nSPS) is 10.2. The largest absolute Gasteiger partial charge is 0.496 e. The summed E-state index contributed by atoms with van der Waals surface area (Å²) in [7, 11) is 1.53. The van der Waals surface area contributed by atoms with Crippen LogP contribution in [0.2, 0.25) is 0 Å². The molecule has 0 fully saturated rings. The maximum Gasteiger partial charge on any atom is 0.255 e. The fourth-order valence-corrected chi connectivity index (χ4v) is 1.79. The highest BCUT2D eigenvalue weighted by Crippen LogP contribution is 2.21. The summed E-state index contributed by atoms with van der Waals surface area (Å²) in [6, 6.07) is 9.04. The van der Waals surface area contributed by atoms with E-state index in [0.29, 0.717) is 17.0 Å². The van der Waals surface area contributed by atoms with Gasteiger partial charge in [-0.1, -0.05) is 6.07 Å². The number of ether oxygens (including phenoxy) is 1. The van der Waals surface area contributed by atoms with Crippen LogP contribution in [0.15, 0.2) is 36.4 Å². The Labute approximate surface area is 116 Å². The minimum Gasteiger partial charge on any atom is -0.496 e. The second-order valence-corrected chi connectivity index (χ2v) is 4.38. The summed E-state index contributed by atoms with van der Waals surface area (Å²) in [4.78, 5) is 12.1. The van der Waals surface area contributed by atoms with E-state index in [-0.39, 0.29) is 5.69 Å². The smallest absolute Gasteiger partial charge is 0.255 e. The van der Waals surface area contributed by atoms with Gasteiger partial charge in [-0.05, 0) is 42.8 Å². The van der Waals surface area contributed by atoms with Crippen LogP contribution in [0.5, 0.6) is 5.75 Å². The van der Waals surface area contributed by atoms with Crippen molar-refractivity contribution < 1.29 is 13.9 Å². The Balaban J connectivity index is 2.26. The maximum atomic E-state index is 13.6. The SMILES string of the molecule is COc1cc(C(=O)Nc2cc(N)ccc2F)ccc1C. The van der Waals surface area contributed by atoms with Gasteiger partial charge in [0, 0.05) is 11.3 Å². The third-order valence-corrected chi connectivity index (χ3v) is 2.91. The molecule has 104 valence electrons. The number of carbonyl (C=O) groups is 1. The number of rotatable bonds is 3. The Hall–Kier alpha value is -2.56. The number of amides is 1. The quantitative estimate of drug-likeness (QED) is 0.846. The van der Waals surface area contributed by atoms with Crippen LogP contribution < -0.4 is 15.8 Å². The van der Waals surface area contributed by atoms with Gasteiger partial charge in [0.2, 0.25) is 0 Å². The predicted octanol–water partition coefficient (Wildman–Crippen LogP) is 2.98. The fraction of sp³-hybridized carbons (Fsp3) is 0.133. The van der Waals surface area contributed by atoms with Crippen LogP contribution in [0.3, 0.4) is 0 Å². The lowest BCUT2D eigenvalue weighted by molar-refractivity contribution is 0.102. The summed E-state index contributed by atoms with van der Waals surface area (Å²) in [5.41, 5.74) is 7.30. The average Bonchev–Trinajstić information content (AvgIpc) is 2.43. The molecular weight excluding hydrogens is 259 g/mol. The van der Waals surface area contributed by atoms with Crippen LogP contribution in [0.1, 0.15) is 15.9 Å². The molecule has 2 rings (SSSR count). The summed E-state index contributed by atoms with van der Waals surface area (Å²) in [5, 5.41) is 2.49. The van der Waals surface area contributed by atoms with E-state index in [4.69, 9.17) is 10.5 Å². The first kappa shape index (κ1) is 13.9. The predicted molar refractivity (Wildman–Crippen MR) is 76.5 cm³/mol. The lowest BCUT2D eigenvalue weighted by Crippen LogP contribution is -2.13. The monoisotopic (exact) mass is 274 g/mol. The summed E-state index contributed by atoms with van der Waals surface area (Å²) >= 11 is 0. The van der Waals surface area contributed by atoms with Gasteiger partial charge in [-0.3, -0.25) is 4.79 Å². The second kappa shape index (κ2) is 5.61. The number of benzene rings is 2. The van der Waals surface area contributed by atoms with E-state index in [1.807, 2.05) is 6.92 Å². The number of nitrogens with two attached hydrogens (primary N) is 1. The van der Waals surface area contributed by atoms with Crippen LogP contribution in [-0.4, -0.2) is 13.0 Å². The van der Waals surface area contributed by atoms with Crippen molar-refractivity contribution in [1.82, 2.24) is 0 Å². The molecule has 3 N–H and O–H groups in total. The van der Waals surface area contributed by atoms with E-state index >= 15 is 0 Å². The minimum absolute atomic E-state index is 0.0505. The van der Waals surface area contributed by atoms with Gasteiger partial charge in [0.1, 0.15) is 11.6 Å². The first-order valence-electron chi connectivity index (χ1n) is 6.02. The lowest BCUT2D eigenvalue weighted by atomic mass is 10.1. The Morgan fingerprint density at radius 3 is 2.70 bits per heavy atom. The molecule has 0 bridgehead atoms. The molecule has 4 nitrogen and oxygen atoms in total. The number of hydrogen-bond acceptors (Lipinski definition) is 3. The molecule has 20 heavy (non-hydrogen) atoms. The first-order chi connectivity index (χ1) is 9.51. The zero-order chi connectivity index (χ0) is 14.7. The molecule has 0 unspecified atom stereocenters. The standard InChI is InChI=1S/C15H15FN2O2/c1-9-3-4-10(7-14(9)20-2)15(19)18-13-8-11(17)5-6-12(13)16/h3-8H,17H2,1-2H3,(H,18,19). The van der Waals surface area contributed by atoms with Crippen LogP contribution in [0, 0.1) is 12.7 Å². The molecule has 0 atom stereocenters. The third kappa shape index (κ3) is 2.88. The first-order valence-corrected chi connectivity index (χ1v) is 6.02. The average molecular weight is 274 g/mol. The highest BCUT2D eigenvalue weighted by Gasteiger charge is 2.11. The number of nitrogens with one attached hydrogen (secondary N) is 1. The van der Waals surface area contributed by atoms with E-state index in [2.05, 4.69) is 5.32 Å². The zero-order valence-electron chi connectivity index (χ0n) is 11.2. The molecule has 0 saturated carbocycles. The third-order valence-electron chi connectivity index (χ3n) is 2.91. The molecule has 0 radical (unpaired) electrons. The van der Waals surface area contributed by atoms with Crippen molar-refractivity contribution in [2.75, 3.05) is 18.2 Å². The number of methoxy groups -OCH3 is 1. The van der Waals surface area contributed by atoms with Crippen LogP contribution >= 0.6 is 0 Å². The Morgan fingerprint density at radius 1 is 1.25 bits per heavy atom. The van der Waals surface area contributed by atoms with Crippen molar-refractivity contribution in [2.45, 2.75) is 6.92 Å². The lowest BCUT2D eigenvalue weighted by Gasteiger charge is -2.09. The summed E-state index contributed by atoms with van der Waals surface area (Å²) in [5.74, 6) is -0.356. The van der Waals surface area contributed by atoms with Crippen molar-refractivity contribution in [2.24, 2.45) is 0 Å². The molecule has 2 aromatic rings. The summed E-state index contributed by atoms with van der Waals surface area (Å²) in [6.45, 7) is 1.87. The Kier molecular flexibility index (Phi) is 3.89. The number of anilines is 2. The molecule has 0 aliphatic rings. The number of hydrogen-bond donors (Lipinski definition) is 2. The van der Waals surface area contributed by atoms with Gasteiger partial charge >= 0.3 is 0 Å². The fourth-order valence-electron chi connectivity index (χ4n) is 1.79. The number of halogens is 1. The number of aryl methyl sites for hydroxylation is 1. The van der Waals surface area contributed by atoms with Gasteiger partial charge in [-0.2, -0.15) is 0 Å². The zero-order valence-corrected chi connectivity index (χ0v) is 11.2. The second-order valence-electron chi connectivity index (χ2n) is 4.38. The minimum atomic E-state index is -0.536. The molecule has 0 aliphatic carbocycles. The van der Waals surface area contributed by atoms with Crippen molar-refractivity contribution in [3.8, 4) is 5.75 Å². The van der Waals surface area contributed by atoms with Gasteiger partial charge in [0.25, 0.3) is 5.91 Å². The van der Waals surface area contributed by atoms with Crippen LogP contribution in [0.25, 0.3) is 0 Å². The molecule has 2 aromatic carbocycles. The van der Waals surface area contributed by atoms with Gasteiger partial charge in [-0.25, -0.2) is 4.39 Å². The van der Waals surface area contributed by atoms with Crippen molar-refractivity contribution >= 4 is 17.3 Å². The van der Waals surface area contributed by atoms with E-state index in [9.17, 15) is 9.18 Å². The molecule has 0 spiro atoms. The summed E-state index contributed by atoms with van der Waals surface area (Å²) < 4.78 is 18.7. The highest BCUT2D eigenvalue weighted by molar-refractivity contribution is 6.04. The molecular formula is C15H15FN2O2. The van der Waals surface area contributed by atoms with Crippen LogP contribution in [0.4, 0.5) is 15.8 Å². The molecule has 1 amide bonds. The topological polar surface area (TPSA) is 64.3 Å². The molecule has 0 saturated heterocycles. The van der Waals surface area contributed by atoms with Gasteiger partial charge in [0.05, 0.1) is 12.8 Å². The maximum absolute atomic E-state index is 13.6. The van der Waals surface area contributed by atoms with Crippen molar-refractivity contribution in [3.05, 3.63) is 53.3 Å². The number of carbonyl (C=O) groups excluding carboxylic acids is 1. The van der Waals surface area contributed by atoms with Gasteiger partial charge < -0.3 is 15.8 Å². The van der Waals surface area contributed by atoms with E-state index < -0.39 is 11.7 Å². The molecule has 0 aromatic heterocycles. The van der Waals surface area contributed by atoms with E-state index in [0.717, 1.165) is 5.56 Å². The van der Waals surface area contributed by atoms with Crippen LogP contribution in [-0.2, 0) is 0 Å². The van der Waals surface area contributed by atoms with Gasteiger partial charge in [-0.15, -0.1) is 0 Å².